The third-order valence-corrected chi connectivity index (χ3v) is 3.57. The first-order valence-electron chi connectivity index (χ1n) is 6.85. The number of nitrogens with one attached hydrogen (secondary N) is 1. The van der Waals surface area contributed by atoms with Crippen LogP contribution < -0.4 is 10.1 Å². The van der Waals surface area contributed by atoms with Gasteiger partial charge in [-0.25, -0.2) is 0 Å². The number of ether oxygens (including phenoxy) is 1. The summed E-state index contributed by atoms with van der Waals surface area (Å²) in [7, 11) is 0. The summed E-state index contributed by atoms with van der Waals surface area (Å²) in [6.07, 6.45) is 2.85. The van der Waals surface area contributed by atoms with Gasteiger partial charge in [0, 0.05) is 16.6 Å². The lowest BCUT2D eigenvalue weighted by Gasteiger charge is -2.09. The Bertz CT molecular complexity index is 551. The molecule has 2 aromatic rings. The van der Waals surface area contributed by atoms with Gasteiger partial charge in [0.2, 0.25) is 0 Å². The molecule has 3 nitrogen and oxygen atoms in total. The van der Waals surface area contributed by atoms with Gasteiger partial charge in [0.15, 0.2) is 0 Å². The summed E-state index contributed by atoms with van der Waals surface area (Å²) in [5.41, 5.74) is 2.27. The van der Waals surface area contributed by atoms with Gasteiger partial charge in [-0.1, -0.05) is 22.9 Å². The lowest BCUT2D eigenvalue weighted by molar-refractivity contribution is 0.266. The zero-order chi connectivity index (χ0) is 14.4. The van der Waals surface area contributed by atoms with Crippen LogP contribution in [0.1, 0.15) is 30.2 Å². The van der Waals surface area contributed by atoms with E-state index in [0.717, 1.165) is 46.6 Å². The van der Waals surface area contributed by atoms with Crippen molar-refractivity contribution in [2.75, 3.05) is 6.54 Å². The van der Waals surface area contributed by atoms with Crippen molar-refractivity contribution >= 4 is 15.9 Å². The standard InChI is InChI=1S/C16H20BrNO2/c1-3-7-18-10-13-6-8-19-16(13)11-20-15-5-4-14(17)9-12(15)2/h4-6,8-9,18H,3,7,10-11H2,1-2H3. The van der Waals surface area contributed by atoms with E-state index in [4.69, 9.17) is 9.15 Å². The Morgan fingerprint density at radius 3 is 2.90 bits per heavy atom. The Balaban J connectivity index is 1.95. The summed E-state index contributed by atoms with van der Waals surface area (Å²) in [4.78, 5) is 0. The van der Waals surface area contributed by atoms with E-state index in [1.54, 1.807) is 6.26 Å². The molecule has 0 saturated heterocycles. The normalized spacial score (nSPS) is 10.8. The molecule has 108 valence electrons. The molecule has 0 amide bonds. The van der Waals surface area contributed by atoms with E-state index in [-0.39, 0.29) is 0 Å². The molecule has 0 aliphatic rings. The predicted octanol–water partition coefficient (Wildman–Crippen LogP) is 4.43. The lowest BCUT2D eigenvalue weighted by Crippen LogP contribution is -2.14. The minimum atomic E-state index is 0.457. The van der Waals surface area contributed by atoms with Crippen LogP contribution in [0.25, 0.3) is 0 Å². The molecule has 0 fully saturated rings. The van der Waals surface area contributed by atoms with Gasteiger partial charge in [-0.3, -0.25) is 0 Å². The molecule has 0 bridgehead atoms. The van der Waals surface area contributed by atoms with Gasteiger partial charge in [0.1, 0.15) is 18.1 Å². The molecule has 4 heteroatoms. The molecule has 20 heavy (non-hydrogen) atoms. The third-order valence-electron chi connectivity index (χ3n) is 3.08. The zero-order valence-electron chi connectivity index (χ0n) is 11.9. The number of aryl methyl sites for hydroxylation is 1. The molecule has 0 atom stereocenters. The van der Waals surface area contributed by atoms with Gasteiger partial charge in [0.25, 0.3) is 0 Å². The van der Waals surface area contributed by atoms with Crippen LogP contribution in [0.15, 0.2) is 39.4 Å². The van der Waals surface area contributed by atoms with Gasteiger partial charge >= 0.3 is 0 Å². The molecular formula is C16H20BrNO2. The molecule has 0 unspecified atom stereocenters. The Labute approximate surface area is 128 Å². The highest BCUT2D eigenvalue weighted by molar-refractivity contribution is 9.10. The largest absolute Gasteiger partial charge is 0.485 e. The maximum absolute atomic E-state index is 5.84. The van der Waals surface area contributed by atoms with Crippen LogP contribution in [0.4, 0.5) is 0 Å². The number of furan rings is 1. The van der Waals surface area contributed by atoms with Crippen LogP contribution in [0.2, 0.25) is 0 Å². The molecule has 0 aliphatic carbocycles. The predicted molar refractivity (Wildman–Crippen MR) is 83.9 cm³/mol. The number of halogens is 1. The number of rotatable bonds is 7. The Hall–Kier alpha value is -1.26. The Morgan fingerprint density at radius 2 is 2.15 bits per heavy atom. The fourth-order valence-electron chi connectivity index (χ4n) is 1.97. The number of hydrogen-bond acceptors (Lipinski definition) is 3. The van der Waals surface area contributed by atoms with Crippen LogP contribution in [-0.2, 0) is 13.2 Å². The van der Waals surface area contributed by atoms with Gasteiger partial charge in [-0.05, 0) is 49.7 Å². The summed E-state index contributed by atoms with van der Waals surface area (Å²) < 4.78 is 12.4. The van der Waals surface area contributed by atoms with Gasteiger partial charge in [-0.2, -0.15) is 0 Å². The Morgan fingerprint density at radius 1 is 1.30 bits per heavy atom. The molecule has 0 aliphatic heterocycles. The monoisotopic (exact) mass is 337 g/mol. The van der Waals surface area contributed by atoms with Crippen LogP contribution >= 0.6 is 15.9 Å². The molecule has 1 N–H and O–H groups in total. The fourth-order valence-corrected chi connectivity index (χ4v) is 2.44. The molecule has 0 saturated carbocycles. The highest BCUT2D eigenvalue weighted by atomic mass is 79.9. The minimum Gasteiger partial charge on any atom is -0.485 e. The fraction of sp³-hybridized carbons (Fsp3) is 0.375. The molecule has 0 radical (unpaired) electrons. The SMILES string of the molecule is CCCNCc1ccoc1COc1ccc(Br)cc1C. The van der Waals surface area contributed by atoms with Crippen molar-refractivity contribution in [1.82, 2.24) is 5.32 Å². The summed E-state index contributed by atoms with van der Waals surface area (Å²) in [6, 6.07) is 7.99. The van der Waals surface area contributed by atoms with Crippen molar-refractivity contribution in [3.8, 4) is 5.75 Å². The van der Waals surface area contributed by atoms with Crippen LogP contribution in [-0.4, -0.2) is 6.54 Å². The van der Waals surface area contributed by atoms with E-state index in [0.29, 0.717) is 6.61 Å². The highest BCUT2D eigenvalue weighted by Crippen LogP contribution is 2.23. The Kier molecular flexibility index (Phi) is 5.68. The first kappa shape index (κ1) is 15.1. The molecular weight excluding hydrogens is 318 g/mol. The second-order valence-corrected chi connectivity index (χ2v) is 5.66. The zero-order valence-corrected chi connectivity index (χ0v) is 13.5. The van der Waals surface area contributed by atoms with E-state index in [1.807, 2.05) is 31.2 Å². The van der Waals surface area contributed by atoms with E-state index >= 15 is 0 Å². The van der Waals surface area contributed by atoms with E-state index < -0.39 is 0 Å². The second kappa shape index (κ2) is 7.50. The highest BCUT2D eigenvalue weighted by Gasteiger charge is 2.08. The van der Waals surface area contributed by atoms with E-state index in [2.05, 4.69) is 28.2 Å². The van der Waals surface area contributed by atoms with Crippen molar-refractivity contribution in [2.45, 2.75) is 33.4 Å². The second-order valence-electron chi connectivity index (χ2n) is 4.74. The van der Waals surface area contributed by atoms with E-state index in [1.165, 1.54) is 0 Å². The van der Waals surface area contributed by atoms with Crippen molar-refractivity contribution in [3.05, 3.63) is 51.9 Å². The van der Waals surface area contributed by atoms with Crippen LogP contribution in [0.5, 0.6) is 5.75 Å². The summed E-state index contributed by atoms with van der Waals surface area (Å²) >= 11 is 3.45. The van der Waals surface area contributed by atoms with Gasteiger partial charge < -0.3 is 14.5 Å². The summed E-state index contributed by atoms with van der Waals surface area (Å²) in [5, 5.41) is 3.37. The van der Waals surface area contributed by atoms with Gasteiger partial charge in [-0.15, -0.1) is 0 Å². The summed E-state index contributed by atoms with van der Waals surface area (Å²) in [6.45, 7) is 6.48. The number of benzene rings is 1. The van der Waals surface area contributed by atoms with Crippen molar-refractivity contribution in [2.24, 2.45) is 0 Å². The quantitative estimate of drug-likeness (QED) is 0.759. The number of hydrogen-bond donors (Lipinski definition) is 1. The van der Waals surface area contributed by atoms with E-state index in [9.17, 15) is 0 Å². The van der Waals surface area contributed by atoms with Crippen LogP contribution in [0.3, 0.4) is 0 Å². The molecule has 2 rings (SSSR count). The maximum Gasteiger partial charge on any atom is 0.146 e. The average molecular weight is 338 g/mol. The molecule has 1 aromatic heterocycles. The first-order chi connectivity index (χ1) is 9.70. The third kappa shape index (κ3) is 4.12. The average Bonchev–Trinajstić information content (AvgIpc) is 2.86. The first-order valence-corrected chi connectivity index (χ1v) is 7.65. The van der Waals surface area contributed by atoms with Crippen molar-refractivity contribution in [1.29, 1.82) is 0 Å². The maximum atomic E-state index is 5.84. The van der Waals surface area contributed by atoms with Crippen molar-refractivity contribution in [3.63, 3.8) is 0 Å². The van der Waals surface area contributed by atoms with Crippen molar-refractivity contribution < 1.29 is 9.15 Å². The minimum absolute atomic E-state index is 0.457. The smallest absolute Gasteiger partial charge is 0.146 e. The molecule has 0 spiro atoms. The molecule has 1 aromatic carbocycles. The lowest BCUT2D eigenvalue weighted by atomic mass is 10.2. The topological polar surface area (TPSA) is 34.4 Å². The van der Waals surface area contributed by atoms with Crippen LogP contribution in [0, 0.1) is 6.92 Å². The van der Waals surface area contributed by atoms with Gasteiger partial charge in [0.05, 0.1) is 6.26 Å². The molecule has 1 heterocycles. The summed E-state index contributed by atoms with van der Waals surface area (Å²) in [5.74, 6) is 1.77.